The molecule has 37 heavy (non-hydrogen) atoms. The predicted molar refractivity (Wildman–Crippen MR) is 131 cm³/mol. The normalized spacial score (nSPS) is 22.6. The van der Waals surface area contributed by atoms with Crippen molar-refractivity contribution >= 4 is 22.8 Å². The van der Waals surface area contributed by atoms with Crippen molar-refractivity contribution in [1.29, 1.82) is 0 Å². The highest BCUT2D eigenvalue weighted by molar-refractivity contribution is 5.99. The minimum Gasteiger partial charge on any atom is -0.504 e. The van der Waals surface area contributed by atoms with Crippen molar-refractivity contribution in [1.82, 2.24) is 14.9 Å². The Morgan fingerprint density at radius 2 is 1.89 bits per heavy atom. The van der Waals surface area contributed by atoms with Gasteiger partial charge < -0.3 is 30.1 Å². The Labute approximate surface area is 210 Å². The maximum atomic E-state index is 13.5. The van der Waals surface area contributed by atoms with Crippen LogP contribution >= 0.6 is 0 Å². The van der Waals surface area contributed by atoms with Gasteiger partial charge in [0, 0.05) is 6.07 Å². The molecular formula is C26H25N3O8. The Balaban J connectivity index is 1.64. The molecule has 0 fully saturated rings. The number of para-hydroxylation sites is 1. The quantitative estimate of drug-likeness (QED) is 0.381. The van der Waals surface area contributed by atoms with Crippen molar-refractivity contribution in [3.8, 4) is 17.2 Å². The molecule has 3 heterocycles. The molecule has 2 aliphatic rings. The second-order valence-electron chi connectivity index (χ2n) is 9.16. The van der Waals surface area contributed by atoms with Gasteiger partial charge in [0.1, 0.15) is 18.0 Å². The summed E-state index contributed by atoms with van der Waals surface area (Å²) in [6.45, 7) is 4.57. The van der Waals surface area contributed by atoms with Crippen LogP contribution in [0.25, 0.3) is 16.6 Å². The summed E-state index contributed by atoms with van der Waals surface area (Å²) in [5.41, 5.74) is 0.0230. The Morgan fingerprint density at radius 3 is 2.62 bits per heavy atom. The molecule has 1 aromatic heterocycles. The smallest absolute Gasteiger partial charge is 0.338 e. The number of esters is 1. The molecule has 5 atom stereocenters. The lowest BCUT2D eigenvalue weighted by molar-refractivity contribution is -0.151. The van der Waals surface area contributed by atoms with Gasteiger partial charge in [0.05, 0.1) is 39.9 Å². The molecule has 0 saturated carbocycles. The van der Waals surface area contributed by atoms with Gasteiger partial charge in [-0.25, -0.2) is 9.78 Å². The topological polar surface area (TPSA) is 160 Å². The van der Waals surface area contributed by atoms with Gasteiger partial charge >= 0.3 is 5.97 Å². The molecule has 3 aromatic rings. The van der Waals surface area contributed by atoms with Gasteiger partial charge in [-0.1, -0.05) is 12.1 Å². The number of nitrogens with zero attached hydrogens (tertiary/aromatic N) is 2. The lowest BCUT2D eigenvalue weighted by Gasteiger charge is -2.30. The summed E-state index contributed by atoms with van der Waals surface area (Å²) in [4.78, 5) is 43.6. The monoisotopic (exact) mass is 507 g/mol. The zero-order chi connectivity index (χ0) is 26.6. The largest absolute Gasteiger partial charge is 0.504 e. The van der Waals surface area contributed by atoms with E-state index in [9.17, 15) is 29.7 Å². The summed E-state index contributed by atoms with van der Waals surface area (Å²) in [7, 11) is 0. The van der Waals surface area contributed by atoms with E-state index in [-0.39, 0.29) is 28.4 Å². The van der Waals surface area contributed by atoms with Crippen LogP contribution in [0.15, 0.2) is 52.8 Å². The van der Waals surface area contributed by atoms with E-state index in [0.717, 1.165) is 0 Å². The fraction of sp³-hybridized carbons (Fsp3) is 0.308. The molecule has 11 heteroatoms. The molecule has 2 aliphatic heterocycles. The van der Waals surface area contributed by atoms with E-state index >= 15 is 0 Å². The lowest BCUT2D eigenvalue weighted by atomic mass is 9.99. The number of carbonyl (C=O) groups excluding carboxylic acids is 2. The first kappa shape index (κ1) is 24.5. The second kappa shape index (κ2) is 9.02. The number of phenols is 1. The Hall–Kier alpha value is -4.22. The molecule has 0 spiro atoms. The van der Waals surface area contributed by atoms with Crippen LogP contribution in [-0.4, -0.2) is 61.2 Å². The number of ether oxygens (including phenoxy) is 2. The van der Waals surface area contributed by atoms with E-state index in [1.807, 2.05) is 0 Å². The summed E-state index contributed by atoms with van der Waals surface area (Å²) >= 11 is 0. The highest BCUT2D eigenvalue weighted by Crippen LogP contribution is 2.36. The third-order valence-corrected chi connectivity index (χ3v) is 6.46. The van der Waals surface area contributed by atoms with Crippen molar-refractivity contribution in [2.24, 2.45) is 0 Å². The number of aromatic hydroxyl groups is 1. The number of rotatable bonds is 4. The Bertz CT molecular complexity index is 1530. The number of fused-ring (bicyclic) bond motifs is 4. The Kier molecular flexibility index (Phi) is 5.97. The zero-order valence-electron chi connectivity index (χ0n) is 20.2. The fourth-order valence-corrected chi connectivity index (χ4v) is 4.49. The first-order valence-corrected chi connectivity index (χ1v) is 11.7. The number of cyclic esters (lactones) is 1. The van der Waals surface area contributed by atoms with Gasteiger partial charge in [0.2, 0.25) is 0 Å². The SMILES string of the molecule is CC1NC(=O)c2cc(OC(C3=CC(O)C(C)OC3=O)C(C)O)c(O)cc2-n2c1nc1ccccc1c2=O. The van der Waals surface area contributed by atoms with Gasteiger partial charge in [-0.05, 0) is 45.0 Å². The predicted octanol–water partition coefficient (Wildman–Crippen LogP) is 1.26. The van der Waals surface area contributed by atoms with Gasteiger partial charge in [0.15, 0.2) is 17.6 Å². The van der Waals surface area contributed by atoms with E-state index < -0.39 is 53.6 Å². The molecule has 0 bridgehead atoms. The average Bonchev–Trinajstić information content (AvgIpc) is 2.94. The van der Waals surface area contributed by atoms with Crippen LogP contribution in [0.1, 0.15) is 43.0 Å². The first-order valence-electron chi connectivity index (χ1n) is 11.7. The molecule has 5 unspecified atom stereocenters. The van der Waals surface area contributed by atoms with Crippen LogP contribution in [-0.2, 0) is 9.53 Å². The maximum absolute atomic E-state index is 13.5. The average molecular weight is 507 g/mol. The minimum absolute atomic E-state index is 0.00998. The van der Waals surface area contributed by atoms with E-state index in [0.29, 0.717) is 10.9 Å². The van der Waals surface area contributed by atoms with Gasteiger partial charge in [-0.2, -0.15) is 0 Å². The van der Waals surface area contributed by atoms with Crippen LogP contribution in [0.4, 0.5) is 0 Å². The molecule has 4 N–H and O–H groups in total. The van der Waals surface area contributed by atoms with Gasteiger partial charge in [0.25, 0.3) is 11.5 Å². The first-order chi connectivity index (χ1) is 17.6. The maximum Gasteiger partial charge on any atom is 0.338 e. The van der Waals surface area contributed by atoms with Crippen LogP contribution in [0.3, 0.4) is 0 Å². The zero-order valence-corrected chi connectivity index (χ0v) is 20.2. The van der Waals surface area contributed by atoms with Crippen molar-refractivity contribution < 1.29 is 34.4 Å². The number of phenolic OH excluding ortho intramolecular Hbond substituents is 1. The van der Waals surface area contributed by atoms with Crippen molar-refractivity contribution in [2.45, 2.75) is 51.2 Å². The summed E-state index contributed by atoms with van der Waals surface area (Å²) in [5, 5.41) is 34.5. The third-order valence-electron chi connectivity index (χ3n) is 6.46. The lowest BCUT2D eigenvalue weighted by Crippen LogP contribution is -2.42. The Morgan fingerprint density at radius 1 is 1.16 bits per heavy atom. The number of aromatic nitrogens is 2. The van der Waals surface area contributed by atoms with Gasteiger partial charge in [-0.3, -0.25) is 14.2 Å². The van der Waals surface area contributed by atoms with E-state index in [1.165, 1.54) is 36.6 Å². The standard InChI is InChI=1S/C26H25N3O8/c1-11-23-28-17-7-5-4-6-14(17)25(34)29(23)18-10-20(32)21(9-15(18)24(33)27-11)37-22(12(2)30)16-8-19(31)13(3)36-26(16)35/h4-13,19,22,30-32H,1-3H3,(H,27,33). The molecule has 0 saturated heterocycles. The number of hydrogen-bond acceptors (Lipinski definition) is 9. The highest BCUT2D eigenvalue weighted by Gasteiger charge is 2.36. The molecular weight excluding hydrogens is 482 g/mol. The summed E-state index contributed by atoms with van der Waals surface area (Å²) in [6, 6.07) is 8.57. The molecule has 5 rings (SSSR count). The number of nitrogens with one attached hydrogen (secondary N) is 1. The number of aliphatic hydroxyl groups is 2. The number of carbonyl (C=O) groups is 2. The fourth-order valence-electron chi connectivity index (χ4n) is 4.49. The summed E-state index contributed by atoms with van der Waals surface area (Å²) in [6.07, 6.45) is -3.25. The summed E-state index contributed by atoms with van der Waals surface area (Å²) in [5.74, 6) is -1.72. The number of hydrogen-bond donors (Lipinski definition) is 4. The van der Waals surface area contributed by atoms with E-state index in [2.05, 4.69) is 10.3 Å². The highest BCUT2D eigenvalue weighted by atomic mass is 16.6. The molecule has 11 nitrogen and oxygen atoms in total. The third kappa shape index (κ3) is 4.11. The van der Waals surface area contributed by atoms with Crippen molar-refractivity contribution in [2.75, 3.05) is 0 Å². The number of aliphatic hydroxyl groups excluding tert-OH is 2. The van der Waals surface area contributed by atoms with E-state index in [4.69, 9.17) is 9.47 Å². The van der Waals surface area contributed by atoms with Gasteiger partial charge in [-0.15, -0.1) is 0 Å². The van der Waals surface area contributed by atoms with Crippen LogP contribution in [0.5, 0.6) is 11.5 Å². The molecule has 0 aliphatic carbocycles. The van der Waals surface area contributed by atoms with Crippen LogP contribution in [0.2, 0.25) is 0 Å². The summed E-state index contributed by atoms with van der Waals surface area (Å²) < 4.78 is 12.2. The van der Waals surface area contributed by atoms with Crippen molar-refractivity contribution in [3.63, 3.8) is 0 Å². The molecule has 192 valence electrons. The number of benzene rings is 2. The minimum atomic E-state index is -1.33. The number of amides is 1. The van der Waals surface area contributed by atoms with Crippen LogP contribution < -0.4 is 15.6 Å². The molecule has 1 amide bonds. The van der Waals surface area contributed by atoms with Crippen molar-refractivity contribution in [3.05, 3.63) is 69.8 Å². The molecule has 2 aromatic carbocycles. The van der Waals surface area contributed by atoms with E-state index in [1.54, 1.807) is 31.2 Å². The van der Waals surface area contributed by atoms with Crippen LogP contribution in [0, 0.1) is 0 Å². The second-order valence-corrected chi connectivity index (χ2v) is 9.16. The molecule has 0 radical (unpaired) electrons.